The molecule has 16 heavy (non-hydrogen) atoms. The van der Waals surface area contributed by atoms with Crippen molar-refractivity contribution >= 4 is 16.2 Å². The normalized spacial score (nSPS) is 18.6. The van der Waals surface area contributed by atoms with E-state index < -0.39 is 0 Å². The highest BCUT2D eigenvalue weighted by molar-refractivity contribution is 6.08. The van der Waals surface area contributed by atoms with Crippen molar-refractivity contribution in [2.45, 2.75) is 25.4 Å². The Morgan fingerprint density at radius 2 is 2.19 bits per heavy atom. The summed E-state index contributed by atoms with van der Waals surface area (Å²) in [4.78, 5) is 11.1. The van der Waals surface area contributed by atoms with E-state index in [4.69, 9.17) is 18.9 Å². The van der Waals surface area contributed by atoms with Crippen LogP contribution in [0.5, 0.6) is 0 Å². The molecule has 1 atom stereocenters. The topological polar surface area (TPSA) is 57.3 Å². The van der Waals surface area contributed by atoms with Crippen molar-refractivity contribution in [3.8, 4) is 0 Å². The largest absolute Gasteiger partial charge is 0.438 e. The predicted molar refractivity (Wildman–Crippen MR) is 61.3 cm³/mol. The highest BCUT2D eigenvalue weighted by Crippen LogP contribution is 2.08. The molecular weight excluding hydrogens is 228 g/mol. The van der Waals surface area contributed by atoms with Gasteiger partial charge in [-0.15, -0.1) is 0 Å². The van der Waals surface area contributed by atoms with Gasteiger partial charge in [0.1, 0.15) is 6.10 Å². The molecule has 1 rings (SSSR count). The molecule has 0 aromatic heterocycles. The molecule has 0 aromatic carbocycles. The fourth-order valence-electron chi connectivity index (χ4n) is 1.12. The molecule has 0 saturated carbocycles. The lowest BCUT2D eigenvalue weighted by molar-refractivity contribution is -0.154. The van der Waals surface area contributed by atoms with E-state index in [2.05, 4.69) is 0 Å². The molecule has 1 unspecified atom stereocenters. The van der Waals surface area contributed by atoms with E-state index in [9.17, 15) is 4.79 Å². The Balaban J connectivity index is 1.76. The molecule has 1 heterocycles. The number of hydrogen-bond acceptors (Lipinski definition) is 5. The Bertz CT molecular complexity index is 196. The van der Waals surface area contributed by atoms with E-state index in [1.165, 1.54) is 0 Å². The zero-order chi connectivity index (χ0) is 11.6. The first-order chi connectivity index (χ1) is 7.83. The van der Waals surface area contributed by atoms with Gasteiger partial charge in [-0.25, -0.2) is 0 Å². The van der Waals surface area contributed by atoms with Gasteiger partial charge in [0.2, 0.25) is 0 Å². The van der Waals surface area contributed by atoms with E-state index in [0.29, 0.717) is 32.0 Å². The second-order valence-corrected chi connectivity index (χ2v) is 4.19. The van der Waals surface area contributed by atoms with Crippen molar-refractivity contribution in [3.05, 3.63) is 0 Å². The first-order valence-electron chi connectivity index (χ1n) is 5.75. The van der Waals surface area contributed by atoms with Gasteiger partial charge < -0.3 is 18.9 Å². The van der Waals surface area contributed by atoms with Crippen molar-refractivity contribution in [1.82, 2.24) is 0 Å². The molecule has 0 aromatic rings. The molecule has 0 amide bonds. The van der Waals surface area contributed by atoms with Gasteiger partial charge in [-0.2, -0.15) is 0 Å². The van der Waals surface area contributed by atoms with Crippen LogP contribution in [0.25, 0.3) is 0 Å². The maximum atomic E-state index is 11.1. The summed E-state index contributed by atoms with van der Waals surface area (Å²) in [5.74, 6) is -0.194. The molecule has 0 spiro atoms. The van der Waals surface area contributed by atoms with Crippen LogP contribution in [-0.2, 0) is 23.7 Å². The van der Waals surface area contributed by atoms with Crippen LogP contribution in [0, 0.1) is 0 Å². The van der Waals surface area contributed by atoms with Crippen LogP contribution in [0.3, 0.4) is 0 Å². The van der Waals surface area contributed by atoms with E-state index in [0.717, 1.165) is 29.7 Å². The average molecular weight is 248 g/mol. The van der Waals surface area contributed by atoms with Crippen molar-refractivity contribution in [2.75, 3.05) is 32.8 Å². The lowest BCUT2D eigenvalue weighted by atomic mass is 10.2. The molecule has 0 bridgehead atoms. The third kappa shape index (κ3) is 7.81. The molecule has 1 fully saturated rings. The molecule has 94 valence electrons. The third-order valence-electron chi connectivity index (χ3n) is 2.13. The van der Waals surface area contributed by atoms with Gasteiger partial charge in [-0.05, 0) is 12.8 Å². The van der Waals surface area contributed by atoms with E-state index in [-0.39, 0.29) is 12.8 Å². The number of ether oxygens (including phenoxy) is 4. The van der Waals surface area contributed by atoms with Crippen LogP contribution in [0.1, 0.15) is 19.3 Å². The monoisotopic (exact) mass is 248 g/mol. The van der Waals surface area contributed by atoms with Crippen molar-refractivity contribution < 1.29 is 23.7 Å². The third-order valence-corrected chi connectivity index (χ3v) is 2.54. The Kier molecular flexibility index (Phi) is 7.40. The summed E-state index contributed by atoms with van der Waals surface area (Å²) >= 11 is 0. The second-order valence-electron chi connectivity index (χ2n) is 3.61. The van der Waals surface area contributed by atoms with Gasteiger partial charge in [0.15, 0.2) is 6.79 Å². The van der Waals surface area contributed by atoms with Gasteiger partial charge in [0.05, 0.1) is 13.2 Å². The van der Waals surface area contributed by atoms with Crippen molar-refractivity contribution in [2.24, 2.45) is 0 Å². The minimum Gasteiger partial charge on any atom is -0.438 e. The molecule has 5 nitrogen and oxygen atoms in total. The van der Waals surface area contributed by atoms with Crippen LogP contribution < -0.4 is 0 Å². The fraction of sp³-hybridized carbons (Fsp3) is 0.900. The standard InChI is InChI=1S/C10H20O5Si/c11-10(15-7-13-8-16)3-1-2-4-12-5-9-6-14-9/h9H,1-8H2,16H3. The number of rotatable bonds is 10. The predicted octanol–water partition coefficient (Wildman–Crippen LogP) is -0.588. The summed E-state index contributed by atoms with van der Waals surface area (Å²) in [7, 11) is 0.966. The lowest BCUT2D eigenvalue weighted by Gasteiger charge is -2.04. The minimum absolute atomic E-state index is 0.0951. The van der Waals surface area contributed by atoms with Crippen LogP contribution in [0.4, 0.5) is 0 Å². The molecule has 6 heteroatoms. The maximum absolute atomic E-state index is 11.1. The SMILES string of the molecule is O=C(CCCCOCC1CO1)OCOC[SiH3]. The summed E-state index contributed by atoms with van der Waals surface area (Å²) in [6.07, 6.45) is 3.13. The summed E-state index contributed by atoms with van der Waals surface area (Å²) in [5.41, 5.74) is 0. The highest BCUT2D eigenvalue weighted by Gasteiger charge is 2.21. The van der Waals surface area contributed by atoms with Crippen molar-refractivity contribution in [1.29, 1.82) is 0 Å². The minimum atomic E-state index is -0.194. The number of esters is 1. The summed E-state index contributed by atoms with van der Waals surface area (Å²) in [5, 5.41) is 0. The number of carbonyl (C=O) groups is 1. The molecule has 1 aliphatic rings. The molecular formula is C10H20O5Si. The molecule has 1 aliphatic heterocycles. The average Bonchev–Trinajstić information content (AvgIpc) is 3.07. The maximum Gasteiger partial charge on any atom is 0.307 e. The van der Waals surface area contributed by atoms with E-state index in [1.807, 2.05) is 0 Å². The quantitative estimate of drug-likeness (QED) is 0.170. The zero-order valence-corrected chi connectivity index (χ0v) is 11.8. The highest BCUT2D eigenvalue weighted by atomic mass is 28.1. The fourth-order valence-corrected chi connectivity index (χ4v) is 1.28. The summed E-state index contributed by atoms with van der Waals surface area (Å²) in [6.45, 7) is 2.29. The zero-order valence-electron chi connectivity index (χ0n) is 9.78. The lowest BCUT2D eigenvalue weighted by Crippen LogP contribution is -2.09. The van der Waals surface area contributed by atoms with Gasteiger partial charge in [-0.1, -0.05) is 0 Å². The van der Waals surface area contributed by atoms with Gasteiger partial charge >= 0.3 is 5.97 Å². The Morgan fingerprint density at radius 3 is 2.88 bits per heavy atom. The first-order valence-corrected chi connectivity index (χ1v) is 7.17. The van der Waals surface area contributed by atoms with Gasteiger partial charge in [0.25, 0.3) is 0 Å². The van der Waals surface area contributed by atoms with Crippen LogP contribution in [0.2, 0.25) is 0 Å². The Labute approximate surface area is 98.8 Å². The number of unbranched alkanes of at least 4 members (excludes halogenated alkanes) is 1. The van der Waals surface area contributed by atoms with Gasteiger partial charge in [0, 0.05) is 29.5 Å². The van der Waals surface area contributed by atoms with E-state index in [1.54, 1.807) is 0 Å². The first kappa shape index (κ1) is 13.6. The molecule has 0 N–H and O–H groups in total. The molecule has 0 radical (unpaired) electrons. The Morgan fingerprint density at radius 1 is 1.38 bits per heavy atom. The van der Waals surface area contributed by atoms with Crippen LogP contribution >= 0.6 is 0 Å². The molecule has 0 aliphatic carbocycles. The van der Waals surface area contributed by atoms with Crippen LogP contribution in [0.15, 0.2) is 0 Å². The second kappa shape index (κ2) is 8.69. The summed E-state index contributed by atoms with van der Waals surface area (Å²) in [6, 6.07) is 0. The van der Waals surface area contributed by atoms with Crippen LogP contribution in [-0.4, -0.2) is 55.2 Å². The number of carbonyl (C=O) groups excluding carboxylic acids is 1. The van der Waals surface area contributed by atoms with Gasteiger partial charge in [-0.3, -0.25) is 4.79 Å². The molecule has 1 saturated heterocycles. The number of epoxide rings is 1. The van der Waals surface area contributed by atoms with Crippen molar-refractivity contribution in [3.63, 3.8) is 0 Å². The smallest absolute Gasteiger partial charge is 0.307 e. The Hall–Kier alpha value is -0.433. The number of hydrogen-bond donors (Lipinski definition) is 0. The summed E-state index contributed by atoms with van der Waals surface area (Å²) < 4.78 is 20.1. The van der Waals surface area contributed by atoms with E-state index >= 15 is 0 Å².